The van der Waals surface area contributed by atoms with Crippen molar-refractivity contribution in [2.45, 2.75) is 25.6 Å². The van der Waals surface area contributed by atoms with Crippen LogP contribution in [0.3, 0.4) is 0 Å². The smallest absolute Gasteiger partial charge is 0.256 e. The van der Waals surface area contributed by atoms with Crippen molar-refractivity contribution in [3.05, 3.63) is 34.1 Å². The zero-order chi connectivity index (χ0) is 14.2. The SMILES string of the molecule is CC1(C)CN(C(=O)c2cccc(Br)c2F)CCC1Cl. The van der Waals surface area contributed by atoms with Crippen molar-refractivity contribution in [1.82, 2.24) is 4.90 Å². The van der Waals surface area contributed by atoms with Gasteiger partial charge >= 0.3 is 0 Å². The fraction of sp³-hybridized carbons (Fsp3) is 0.500. The van der Waals surface area contributed by atoms with Gasteiger partial charge in [-0.05, 0) is 39.9 Å². The average molecular weight is 349 g/mol. The third-order valence-corrected chi connectivity index (χ3v) is 4.99. The molecule has 1 aliphatic heterocycles. The summed E-state index contributed by atoms with van der Waals surface area (Å²) in [5.74, 6) is -0.770. The highest BCUT2D eigenvalue weighted by molar-refractivity contribution is 9.10. The van der Waals surface area contributed by atoms with Gasteiger partial charge in [-0.1, -0.05) is 19.9 Å². The lowest BCUT2D eigenvalue weighted by Crippen LogP contribution is -2.49. The Kier molecular flexibility index (Phi) is 4.21. The summed E-state index contributed by atoms with van der Waals surface area (Å²) in [7, 11) is 0. The zero-order valence-electron chi connectivity index (χ0n) is 10.9. The van der Waals surface area contributed by atoms with Gasteiger partial charge in [-0.15, -0.1) is 11.6 Å². The van der Waals surface area contributed by atoms with Crippen LogP contribution in [0, 0.1) is 11.2 Å². The van der Waals surface area contributed by atoms with Crippen LogP contribution in [0.4, 0.5) is 4.39 Å². The van der Waals surface area contributed by atoms with Crippen LogP contribution >= 0.6 is 27.5 Å². The molecule has 2 rings (SSSR count). The second-order valence-corrected chi connectivity index (χ2v) is 6.95. The number of piperidine rings is 1. The molecule has 0 aliphatic carbocycles. The zero-order valence-corrected chi connectivity index (χ0v) is 13.3. The van der Waals surface area contributed by atoms with E-state index in [9.17, 15) is 9.18 Å². The molecule has 104 valence electrons. The Labute approximate surface area is 126 Å². The van der Waals surface area contributed by atoms with E-state index in [-0.39, 0.29) is 22.3 Å². The number of hydrogen-bond donors (Lipinski definition) is 0. The summed E-state index contributed by atoms with van der Waals surface area (Å²) in [6.07, 6.45) is 0.732. The molecular formula is C14H16BrClFNO. The number of hydrogen-bond acceptors (Lipinski definition) is 1. The van der Waals surface area contributed by atoms with E-state index in [0.717, 1.165) is 6.42 Å². The van der Waals surface area contributed by atoms with E-state index >= 15 is 0 Å². The quantitative estimate of drug-likeness (QED) is 0.701. The van der Waals surface area contributed by atoms with Gasteiger partial charge < -0.3 is 4.90 Å². The summed E-state index contributed by atoms with van der Waals surface area (Å²) in [5, 5.41) is 0.0453. The van der Waals surface area contributed by atoms with Gasteiger partial charge in [0, 0.05) is 18.5 Å². The molecule has 0 radical (unpaired) electrons. The van der Waals surface area contributed by atoms with Gasteiger partial charge in [0.05, 0.1) is 10.0 Å². The first kappa shape index (κ1) is 14.8. The maximum absolute atomic E-state index is 14.0. The first-order chi connectivity index (χ1) is 8.83. The van der Waals surface area contributed by atoms with E-state index < -0.39 is 5.82 Å². The number of carbonyl (C=O) groups excluding carboxylic acids is 1. The van der Waals surface area contributed by atoms with Gasteiger partial charge in [-0.25, -0.2) is 4.39 Å². The van der Waals surface area contributed by atoms with Gasteiger partial charge in [0.25, 0.3) is 5.91 Å². The van der Waals surface area contributed by atoms with Gasteiger partial charge in [0.1, 0.15) is 5.82 Å². The number of halogens is 3. The Hall–Kier alpha value is -0.610. The van der Waals surface area contributed by atoms with Crippen molar-refractivity contribution in [3.63, 3.8) is 0 Å². The minimum absolute atomic E-state index is 0.0453. The molecule has 1 amide bonds. The van der Waals surface area contributed by atoms with Crippen LogP contribution in [0.25, 0.3) is 0 Å². The van der Waals surface area contributed by atoms with Crippen molar-refractivity contribution < 1.29 is 9.18 Å². The Morgan fingerprint density at radius 3 is 2.84 bits per heavy atom. The largest absolute Gasteiger partial charge is 0.338 e. The first-order valence-corrected chi connectivity index (χ1v) is 7.43. The first-order valence-electron chi connectivity index (χ1n) is 6.20. The highest BCUT2D eigenvalue weighted by Crippen LogP contribution is 2.34. The van der Waals surface area contributed by atoms with Crippen LogP contribution in [0.1, 0.15) is 30.6 Å². The Balaban J connectivity index is 2.23. The molecule has 1 unspecified atom stereocenters. The lowest BCUT2D eigenvalue weighted by atomic mass is 9.83. The van der Waals surface area contributed by atoms with E-state index in [1.807, 2.05) is 13.8 Å². The van der Waals surface area contributed by atoms with Crippen LogP contribution in [-0.4, -0.2) is 29.3 Å². The summed E-state index contributed by atoms with van der Waals surface area (Å²) in [5.41, 5.74) is -0.0454. The lowest BCUT2D eigenvalue weighted by molar-refractivity contribution is 0.0588. The summed E-state index contributed by atoms with van der Waals surface area (Å²) < 4.78 is 14.3. The van der Waals surface area contributed by atoms with E-state index in [1.165, 1.54) is 6.07 Å². The fourth-order valence-electron chi connectivity index (χ4n) is 2.34. The second kappa shape index (κ2) is 5.41. The number of amides is 1. The maximum atomic E-state index is 14.0. The summed E-state index contributed by atoms with van der Waals surface area (Å²) in [4.78, 5) is 14.1. The number of benzene rings is 1. The molecule has 0 aromatic heterocycles. The van der Waals surface area contributed by atoms with Crippen molar-refractivity contribution >= 4 is 33.4 Å². The predicted octanol–water partition coefficient (Wildman–Crippen LogP) is 4.07. The normalized spacial score (nSPS) is 22.4. The summed E-state index contributed by atoms with van der Waals surface area (Å²) in [6, 6.07) is 4.77. The van der Waals surface area contributed by atoms with Gasteiger partial charge in [-0.2, -0.15) is 0 Å². The molecular weight excluding hydrogens is 333 g/mol. The van der Waals surface area contributed by atoms with Crippen LogP contribution in [0.5, 0.6) is 0 Å². The Morgan fingerprint density at radius 1 is 1.53 bits per heavy atom. The number of likely N-dealkylation sites (tertiary alicyclic amines) is 1. The minimum Gasteiger partial charge on any atom is -0.338 e. The number of alkyl halides is 1. The van der Waals surface area contributed by atoms with Crippen LogP contribution in [-0.2, 0) is 0 Å². The van der Waals surface area contributed by atoms with Gasteiger partial charge in [-0.3, -0.25) is 4.79 Å². The Morgan fingerprint density at radius 2 is 2.21 bits per heavy atom. The van der Waals surface area contributed by atoms with E-state index in [1.54, 1.807) is 17.0 Å². The van der Waals surface area contributed by atoms with E-state index in [4.69, 9.17) is 11.6 Å². The molecule has 1 aromatic rings. The molecule has 19 heavy (non-hydrogen) atoms. The molecule has 0 saturated carbocycles. The van der Waals surface area contributed by atoms with E-state index in [2.05, 4.69) is 15.9 Å². The molecule has 1 saturated heterocycles. The van der Waals surface area contributed by atoms with Crippen LogP contribution in [0.2, 0.25) is 0 Å². The molecule has 0 spiro atoms. The minimum atomic E-state index is -0.502. The lowest BCUT2D eigenvalue weighted by Gasteiger charge is -2.41. The van der Waals surface area contributed by atoms with Crippen molar-refractivity contribution in [2.24, 2.45) is 5.41 Å². The molecule has 5 heteroatoms. The highest BCUT2D eigenvalue weighted by atomic mass is 79.9. The molecule has 1 fully saturated rings. The molecule has 1 atom stereocenters. The number of carbonyl (C=O) groups is 1. The fourth-order valence-corrected chi connectivity index (χ4v) is 2.88. The monoisotopic (exact) mass is 347 g/mol. The average Bonchev–Trinajstić information content (AvgIpc) is 2.35. The summed E-state index contributed by atoms with van der Waals surface area (Å²) in [6.45, 7) is 5.18. The van der Waals surface area contributed by atoms with Crippen LogP contribution in [0.15, 0.2) is 22.7 Å². The molecule has 1 heterocycles. The molecule has 1 aliphatic rings. The van der Waals surface area contributed by atoms with E-state index in [0.29, 0.717) is 17.6 Å². The topological polar surface area (TPSA) is 20.3 Å². The summed E-state index contributed by atoms with van der Waals surface area (Å²) >= 11 is 9.36. The van der Waals surface area contributed by atoms with Gasteiger partial charge in [0.15, 0.2) is 0 Å². The predicted molar refractivity (Wildman–Crippen MR) is 78.0 cm³/mol. The van der Waals surface area contributed by atoms with Crippen molar-refractivity contribution in [3.8, 4) is 0 Å². The number of nitrogens with zero attached hydrogens (tertiary/aromatic N) is 1. The third-order valence-electron chi connectivity index (χ3n) is 3.57. The van der Waals surface area contributed by atoms with Gasteiger partial charge in [0.2, 0.25) is 0 Å². The standard InChI is InChI=1S/C14H16BrClFNO/c1-14(2)8-18(7-6-11(14)16)13(19)9-4-3-5-10(15)12(9)17/h3-5,11H,6-8H2,1-2H3. The second-order valence-electron chi connectivity index (χ2n) is 5.57. The Bertz CT molecular complexity index is 506. The number of rotatable bonds is 1. The third kappa shape index (κ3) is 2.95. The van der Waals surface area contributed by atoms with Crippen LogP contribution < -0.4 is 0 Å². The van der Waals surface area contributed by atoms with Crippen molar-refractivity contribution in [1.29, 1.82) is 0 Å². The maximum Gasteiger partial charge on any atom is 0.256 e. The molecule has 0 bridgehead atoms. The molecule has 2 nitrogen and oxygen atoms in total. The molecule has 1 aromatic carbocycles. The molecule has 0 N–H and O–H groups in total. The van der Waals surface area contributed by atoms with Crippen molar-refractivity contribution in [2.75, 3.05) is 13.1 Å². The highest BCUT2D eigenvalue weighted by Gasteiger charge is 2.37.